The summed E-state index contributed by atoms with van der Waals surface area (Å²) in [7, 11) is 0. The SMILES string of the molecule is O=C(NN=Cc1ccc(C(F)(F)F)cc1)c1cc(-c2ccccc2)n[nH]1. The van der Waals surface area contributed by atoms with E-state index >= 15 is 0 Å². The van der Waals surface area contributed by atoms with Gasteiger partial charge in [0.05, 0.1) is 17.5 Å². The lowest BCUT2D eigenvalue weighted by Gasteiger charge is -2.05. The standard InChI is InChI=1S/C18H13F3N4O/c19-18(20,21)14-8-6-12(7-9-14)11-22-25-17(26)16-10-15(23-24-16)13-4-2-1-3-5-13/h1-11H,(H,23,24)(H,25,26). The molecule has 1 heterocycles. The monoisotopic (exact) mass is 358 g/mol. The molecule has 8 heteroatoms. The number of carbonyl (C=O) groups excluding carboxylic acids is 1. The number of hydrogen-bond donors (Lipinski definition) is 2. The van der Waals surface area contributed by atoms with Gasteiger partial charge in [-0.05, 0) is 23.8 Å². The average Bonchev–Trinajstić information content (AvgIpc) is 3.12. The third kappa shape index (κ3) is 4.15. The zero-order valence-corrected chi connectivity index (χ0v) is 13.3. The normalized spacial score (nSPS) is 11.7. The number of rotatable bonds is 4. The predicted octanol–water partition coefficient (Wildman–Crippen LogP) is 3.86. The van der Waals surface area contributed by atoms with Crippen molar-refractivity contribution in [2.75, 3.05) is 0 Å². The maximum Gasteiger partial charge on any atom is 0.416 e. The molecule has 0 saturated heterocycles. The number of carbonyl (C=O) groups is 1. The maximum atomic E-state index is 12.5. The molecule has 0 atom stereocenters. The summed E-state index contributed by atoms with van der Waals surface area (Å²) >= 11 is 0. The van der Waals surface area contributed by atoms with Crippen LogP contribution in [0.25, 0.3) is 11.3 Å². The first kappa shape index (κ1) is 17.4. The van der Waals surface area contributed by atoms with E-state index in [0.29, 0.717) is 11.3 Å². The van der Waals surface area contributed by atoms with Crippen molar-refractivity contribution in [2.45, 2.75) is 6.18 Å². The molecule has 1 amide bonds. The van der Waals surface area contributed by atoms with E-state index in [0.717, 1.165) is 17.7 Å². The molecule has 2 N–H and O–H groups in total. The van der Waals surface area contributed by atoms with Gasteiger partial charge in [-0.1, -0.05) is 42.5 Å². The number of benzene rings is 2. The molecule has 0 aliphatic rings. The van der Waals surface area contributed by atoms with Gasteiger partial charge in [0.15, 0.2) is 0 Å². The van der Waals surface area contributed by atoms with Crippen molar-refractivity contribution in [2.24, 2.45) is 5.10 Å². The van der Waals surface area contributed by atoms with Crippen molar-refractivity contribution < 1.29 is 18.0 Å². The largest absolute Gasteiger partial charge is 0.416 e. The van der Waals surface area contributed by atoms with Crippen LogP contribution in [0.4, 0.5) is 13.2 Å². The summed E-state index contributed by atoms with van der Waals surface area (Å²) in [6, 6.07) is 15.3. The number of aromatic amines is 1. The third-order valence-electron chi connectivity index (χ3n) is 3.51. The summed E-state index contributed by atoms with van der Waals surface area (Å²) in [4.78, 5) is 12.0. The highest BCUT2D eigenvalue weighted by Crippen LogP contribution is 2.28. The summed E-state index contributed by atoms with van der Waals surface area (Å²) in [5.41, 5.74) is 3.66. The first-order valence-electron chi connectivity index (χ1n) is 7.55. The number of hydrazone groups is 1. The van der Waals surface area contributed by atoms with Gasteiger partial charge >= 0.3 is 6.18 Å². The van der Waals surface area contributed by atoms with Crippen LogP contribution in [0.2, 0.25) is 0 Å². The average molecular weight is 358 g/mol. The van der Waals surface area contributed by atoms with Crippen molar-refractivity contribution in [3.63, 3.8) is 0 Å². The van der Waals surface area contributed by atoms with E-state index < -0.39 is 17.6 Å². The molecular weight excluding hydrogens is 345 g/mol. The minimum absolute atomic E-state index is 0.216. The molecule has 0 aliphatic carbocycles. The van der Waals surface area contributed by atoms with Crippen molar-refractivity contribution >= 4 is 12.1 Å². The molecule has 0 aliphatic heterocycles. The van der Waals surface area contributed by atoms with Crippen molar-refractivity contribution in [3.05, 3.63) is 77.5 Å². The summed E-state index contributed by atoms with van der Waals surface area (Å²) in [5.74, 6) is -0.511. The van der Waals surface area contributed by atoms with Crippen LogP contribution in [0.1, 0.15) is 21.6 Å². The van der Waals surface area contributed by atoms with E-state index in [1.165, 1.54) is 18.3 Å². The van der Waals surface area contributed by atoms with Crippen LogP contribution in [-0.4, -0.2) is 22.3 Å². The Morgan fingerprint density at radius 3 is 2.42 bits per heavy atom. The number of halogens is 3. The third-order valence-corrected chi connectivity index (χ3v) is 3.51. The Morgan fingerprint density at radius 2 is 1.77 bits per heavy atom. The fourth-order valence-electron chi connectivity index (χ4n) is 2.18. The zero-order chi connectivity index (χ0) is 18.6. The second-order valence-corrected chi connectivity index (χ2v) is 5.35. The van der Waals surface area contributed by atoms with Crippen LogP contribution in [0.3, 0.4) is 0 Å². The molecule has 3 rings (SSSR count). The summed E-state index contributed by atoms with van der Waals surface area (Å²) in [6.07, 6.45) is -3.13. The van der Waals surface area contributed by atoms with E-state index in [2.05, 4.69) is 20.7 Å². The smallest absolute Gasteiger partial charge is 0.272 e. The summed E-state index contributed by atoms with van der Waals surface area (Å²) in [5, 5.41) is 10.4. The van der Waals surface area contributed by atoms with E-state index in [1.807, 2.05) is 30.3 Å². The number of alkyl halides is 3. The molecule has 0 unspecified atom stereocenters. The van der Waals surface area contributed by atoms with Crippen LogP contribution in [0, 0.1) is 0 Å². The topological polar surface area (TPSA) is 70.1 Å². The molecule has 26 heavy (non-hydrogen) atoms. The van der Waals surface area contributed by atoms with Gasteiger partial charge in [0.25, 0.3) is 5.91 Å². The number of nitrogens with one attached hydrogen (secondary N) is 2. The fourth-order valence-corrected chi connectivity index (χ4v) is 2.18. The van der Waals surface area contributed by atoms with Crippen LogP contribution < -0.4 is 5.43 Å². The van der Waals surface area contributed by atoms with Gasteiger partial charge in [-0.2, -0.15) is 23.4 Å². The van der Waals surface area contributed by atoms with E-state index in [9.17, 15) is 18.0 Å². The molecule has 0 fully saturated rings. The Morgan fingerprint density at radius 1 is 1.08 bits per heavy atom. The summed E-state index contributed by atoms with van der Waals surface area (Å²) in [6.45, 7) is 0. The predicted molar refractivity (Wildman–Crippen MR) is 90.5 cm³/mol. The molecule has 2 aromatic carbocycles. The maximum absolute atomic E-state index is 12.5. The highest BCUT2D eigenvalue weighted by molar-refractivity contribution is 5.94. The molecule has 132 valence electrons. The van der Waals surface area contributed by atoms with Crippen molar-refractivity contribution in [1.82, 2.24) is 15.6 Å². The number of H-pyrrole nitrogens is 1. The first-order valence-corrected chi connectivity index (χ1v) is 7.55. The van der Waals surface area contributed by atoms with Gasteiger partial charge in [-0.25, -0.2) is 5.43 Å². The van der Waals surface area contributed by atoms with E-state index in [1.54, 1.807) is 6.07 Å². The second-order valence-electron chi connectivity index (χ2n) is 5.35. The van der Waals surface area contributed by atoms with Gasteiger partial charge in [0.2, 0.25) is 0 Å². The van der Waals surface area contributed by atoms with Crippen molar-refractivity contribution in [3.8, 4) is 11.3 Å². The second kappa shape index (κ2) is 7.22. The Hall–Kier alpha value is -3.42. The fraction of sp³-hybridized carbons (Fsp3) is 0.0556. The van der Waals surface area contributed by atoms with Gasteiger partial charge in [0.1, 0.15) is 5.69 Å². The Kier molecular flexibility index (Phi) is 4.83. The highest BCUT2D eigenvalue weighted by Gasteiger charge is 2.29. The molecule has 5 nitrogen and oxygen atoms in total. The zero-order valence-electron chi connectivity index (χ0n) is 13.3. The van der Waals surface area contributed by atoms with Crippen LogP contribution in [0.15, 0.2) is 65.8 Å². The van der Waals surface area contributed by atoms with Gasteiger partial charge in [-0.3, -0.25) is 9.89 Å². The Balaban J connectivity index is 1.62. The molecule has 3 aromatic rings. The lowest BCUT2D eigenvalue weighted by molar-refractivity contribution is -0.137. The Bertz CT molecular complexity index is 916. The number of nitrogens with zero attached hydrogens (tertiary/aromatic N) is 2. The highest BCUT2D eigenvalue weighted by atomic mass is 19.4. The molecular formula is C18H13F3N4O. The molecule has 0 bridgehead atoms. The number of aromatic nitrogens is 2. The van der Waals surface area contributed by atoms with Crippen molar-refractivity contribution in [1.29, 1.82) is 0 Å². The summed E-state index contributed by atoms with van der Waals surface area (Å²) < 4.78 is 37.5. The lowest BCUT2D eigenvalue weighted by atomic mass is 10.1. The minimum atomic E-state index is -4.39. The van der Waals surface area contributed by atoms with Crippen LogP contribution in [-0.2, 0) is 6.18 Å². The van der Waals surface area contributed by atoms with Crippen LogP contribution >= 0.6 is 0 Å². The minimum Gasteiger partial charge on any atom is -0.272 e. The lowest BCUT2D eigenvalue weighted by Crippen LogP contribution is -2.18. The molecule has 0 radical (unpaired) electrons. The van der Waals surface area contributed by atoms with Gasteiger partial charge in [-0.15, -0.1) is 0 Å². The van der Waals surface area contributed by atoms with Gasteiger partial charge < -0.3 is 0 Å². The molecule has 1 aromatic heterocycles. The molecule has 0 spiro atoms. The Labute approximate surface area is 146 Å². The van der Waals surface area contributed by atoms with E-state index in [4.69, 9.17) is 0 Å². The quantitative estimate of drug-likeness (QED) is 0.549. The van der Waals surface area contributed by atoms with Gasteiger partial charge in [0, 0.05) is 5.56 Å². The first-order chi connectivity index (χ1) is 12.4. The number of amides is 1. The number of hydrogen-bond acceptors (Lipinski definition) is 3. The van der Waals surface area contributed by atoms with E-state index in [-0.39, 0.29) is 5.69 Å². The van der Waals surface area contributed by atoms with Crippen LogP contribution in [0.5, 0.6) is 0 Å². The molecule has 0 saturated carbocycles.